The molecule has 0 aliphatic rings. The molecule has 0 unspecified atom stereocenters. The molecule has 0 amide bonds. The van der Waals surface area contributed by atoms with Gasteiger partial charge >= 0.3 is 0 Å². The summed E-state index contributed by atoms with van der Waals surface area (Å²) in [6.07, 6.45) is 0.847. The monoisotopic (exact) mass is 421 g/mol. The van der Waals surface area contributed by atoms with Crippen LogP contribution in [-0.4, -0.2) is 29.7 Å². The summed E-state index contributed by atoms with van der Waals surface area (Å²) in [5, 5.41) is 5.47. The molecule has 0 aliphatic carbocycles. The Morgan fingerprint density at radius 1 is 1.07 bits per heavy atom. The minimum Gasteiger partial charge on any atom is -0.278 e. The average Bonchev–Trinajstić information content (AvgIpc) is 3.07. The van der Waals surface area contributed by atoms with Crippen molar-refractivity contribution in [1.82, 2.24) is 23.6 Å². The predicted octanol–water partition coefficient (Wildman–Crippen LogP) is 4.46. The summed E-state index contributed by atoms with van der Waals surface area (Å²) in [5.74, 6) is 0.606. The second-order valence-electron chi connectivity index (χ2n) is 7.86. The van der Waals surface area contributed by atoms with Crippen LogP contribution in [-0.2, 0) is 19.8 Å². The number of aryl methyl sites for hydroxylation is 1. The van der Waals surface area contributed by atoms with Gasteiger partial charge in [0, 0.05) is 19.1 Å². The lowest BCUT2D eigenvalue weighted by Crippen LogP contribution is -2.33. The minimum atomic E-state index is -0.0166. The molecule has 0 fully saturated rings. The highest BCUT2D eigenvalue weighted by molar-refractivity contribution is 7.71. The van der Waals surface area contributed by atoms with Crippen molar-refractivity contribution in [2.45, 2.75) is 53.0 Å². The summed E-state index contributed by atoms with van der Waals surface area (Å²) in [6, 6.07) is 18.3. The van der Waals surface area contributed by atoms with Gasteiger partial charge in [0.1, 0.15) is 0 Å². The Labute approximate surface area is 181 Å². The first-order valence-electron chi connectivity index (χ1n) is 10.4. The quantitative estimate of drug-likeness (QED) is 0.414. The Hall–Kier alpha value is -2.77. The van der Waals surface area contributed by atoms with E-state index in [-0.39, 0.29) is 5.56 Å². The maximum atomic E-state index is 13.1. The zero-order valence-electron chi connectivity index (χ0n) is 17.7. The van der Waals surface area contributed by atoms with E-state index in [1.807, 2.05) is 39.4 Å². The van der Waals surface area contributed by atoms with Crippen LogP contribution in [0.4, 0.5) is 0 Å². The van der Waals surface area contributed by atoms with Crippen molar-refractivity contribution in [3.8, 4) is 0 Å². The second kappa shape index (κ2) is 8.53. The molecule has 0 saturated heterocycles. The maximum Gasteiger partial charge on any atom is 0.262 e. The van der Waals surface area contributed by atoms with E-state index in [1.54, 1.807) is 4.57 Å². The number of nitrogens with zero attached hydrogens (tertiary/aromatic N) is 5. The zero-order chi connectivity index (χ0) is 21.3. The lowest BCUT2D eigenvalue weighted by atomic mass is 10.2. The van der Waals surface area contributed by atoms with Gasteiger partial charge in [-0.1, -0.05) is 49.4 Å². The standard InChI is InChI=1S/C23H27N5OS/c1-4-14-26-21(29)19-12-8-9-13-20(19)28-22(26)24-27(23(28)30)16-25(17(2)3)15-18-10-6-5-7-11-18/h5-13,17H,4,14-16H2,1-3H3. The highest BCUT2D eigenvalue weighted by Gasteiger charge is 2.18. The van der Waals surface area contributed by atoms with Crippen LogP contribution in [0.3, 0.4) is 0 Å². The molecule has 0 spiro atoms. The fourth-order valence-corrected chi connectivity index (χ4v) is 4.05. The summed E-state index contributed by atoms with van der Waals surface area (Å²) < 4.78 is 6.12. The molecule has 4 aromatic rings. The molecule has 30 heavy (non-hydrogen) atoms. The summed E-state index contributed by atoms with van der Waals surface area (Å²) in [4.78, 5) is 15.4. The first kappa shape index (κ1) is 20.5. The van der Waals surface area contributed by atoms with E-state index in [0.29, 0.717) is 35.2 Å². The van der Waals surface area contributed by atoms with Crippen LogP contribution in [0.1, 0.15) is 32.8 Å². The highest BCUT2D eigenvalue weighted by atomic mass is 32.1. The first-order valence-corrected chi connectivity index (χ1v) is 10.8. The number of benzene rings is 2. The molecule has 0 N–H and O–H groups in total. The van der Waals surface area contributed by atoms with Crippen molar-refractivity contribution in [1.29, 1.82) is 0 Å². The molecule has 0 radical (unpaired) electrons. The molecule has 7 heteroatoms. The van der Waals surface area contributed by atoms with E-state index in [0.717, 1.165) is 18.5 Å². The van der Waals surface area contributed by atoms with Crippen LogP contribution in [0.2, 0.25) is 0 Å². The van der Waals surface area contributed by atoms with Crippen LogP contribution in [0.5, 0.6) is 0 Å². The fraction of sp³-hybridized carbons (Fsp3) is 0.348. The third-order valence-electron chi connectivity index (χ3n) is 5.41. The van der Waals surface area contributed by atoms with Crippen molar-refractivity contribution < 1.29 is 0 Å². The Morgan fingerprint density at radius 3 is 2.47 bits per heavy atom. The molecule has 0 saturated carbocycles. The molecule has 156 valence electrons. The van der Waals surface area contributed by atoms with E-state index in [9.17, 15) is 4.79 Å². The zero-order valence-corrected chi connectivity index (χ0v) is 18.5. The Morgan fingerprint density at radius 2 is 1.77 bits per heavy atom. The van der Waals surface area contributed by atoms with Crippen LogP contribution in [0, 0.1) is 4.77 Å². The van der Waals surface area contributed by atoms with Crippen molar-refractivity contribution in [3.05, 3.63) is 75.3 Å². The van der Waals surface area contributed by atoms with Crippen LogP contribution >= 0.6 is 12.2 Å². The molecule has 0 atom stereocenters. The lowest BCUT2D eigenvalue weighted by Gasteiger charge is -2.26. The number of rotatable bonds is 7. The van der Waals surface area contributed by atoms with E-state index in [2.05, 4.69) is 49.9 Å². The molecule has 2 aromatic carbocycles. The first-order chi connectivity index (χ1) is 14.5. The summed E-state index contributed by atoms with van der Waals surface area (Å²) in [5.41, 5.74) is 2.03. The van der Waals surface area contributed by atoms with Gasteiger partial charge in [-0.2, -0.15) is 0 Å². The highest BCUT2D eigenvalue weighted by Crippen LogP contribution is 2.16. The normalized spacial score (nSPS) is 11.9. The average molecular weight is 422 g/mol. The largest absolute Gasteiger partial charge is 0.278 e. The molecule has 2 aromatic heterocycles. The third kappa shape index (κ3) is 3.70. The van der Waals surface area contributed by atoms with E-state index in [1.165, 1.54) is 5.56 Å². The smallest absolute Gasteiger partial charge is 0.262 e. The third-order valence-corrected chi connectivity index (χ3v) is 5.80. The molecule has 2 heterocycles. The Balaban J connectivity index is 1.84. The molecule has 0 bridgehead atoms. The fourth-order valence-electron chi connectivity index (χ4n) is 3.77. The van der Waals surface area contributed by atoms with E-state index in [4.69, 9.17) is 17.3 Å². The van der Waals surface area contributed by atoms with Gasteiger partial charge in [-0.05, 0) is 50.2 Å². The summed E-state index contributed by atoms with van der Waals surface area (Å²) >= 11 is 5.83. The number of hydrogen-bond donors (Lipinski definition) is 0. The Bertz CT molecular complexity index is 1290. The molecule has 0 aliphatic heterocycles. The lowest BCUT2D eigenvalue weighted by molar-refractivity contribution is 0.153. The Kier molecular flexibility index (Phi) is 5.83. The molecule has 6 nitrogen and oxygen atoms in total. The van der Waals surface area contributed by atoms with Crippen LogP contribution in [0.25, 0.3) is 16.7 Å². The topological polar surface area (TPSA) is 47.5 Å². The van der Waals surface area contributed by atoms with Gasteiger partial charge in [0.2, 0.25) is 10.5 Å². The van der Waals surface area contributed by atoms with Gasteiger partial charge in [0.15, 0.2) is 0 Å². The van der Waals surface area contributed by atoms with Crippen molar-refractivity contribution >= 4 is 28.9 Å². The molecular formula is C23H27N5OS. The van der Waals surface area contributed by atoms with Crippen molar-refractivity contribution in [3.63, 3.8) is 0 Å². The van der Waals surface area contributed by atoms with Gasteiger partial charge in [-0.15, -0.1) is 5.10 Å². The number of aromatic nitrogens is 4. The number of para-hydroxylation sites is 1. The molecule has 4 rings (SSSR count). The maximum absolute atomic E-state index is 13.1. The van der Waals surface area contributed by atoms with Crippen molar-refractivity contribution in [2.75, 3.05) is 0 Å². The number of fused-ring (bicyclic) bond motifs is 3. The van der Waals surface area contributed by atoms with Gasteiger partial charge in [0.25, 0.3) is 5.56 Å². The van der Waals surface area contributed by atoms with E-state index >= 15 is 0 Å². The van der Waals surface area contributed by atoms with Gasteiger partial charge < -0.3 is 0 Å². The van der Waals surface area contributed by atoms with Crippen molar-refractivity contribution in [2.24, 2.45) is 0 Å². The van der Waals surface area contributed by atoms with Gasteiger partial charge in [-0.3, -0.25) is 18.7 Å². The van der Waals surface area contributed by atoms with Crippen LogP contribution in [0.15, 0.2) is 59.4 Å². The summed E-state index contributed by atoms with van der Waals surface area (Å²) in [7, 11) is 0. The second-order valence-corrected chi connectivity index (χ2v) is 8.22. The summed E-state index contributed by atoms with van der Waals surface area (Å²) in [6.45, 7) is 8.37. The predicted molar refractivity (Wildman–Crippen MR) is 123 cm³/mol. The van der Waals surface area contributed by atoms with Crippen LogP contribution < -0.4 is 5.56 Å². The minimum absolute atomic E-state index is 0.0166. The van der Waals surface area contributed by atoms with Gasteiger partial charge in [-0.25, -0.2) is 4.68 Å². The van der Waals surface area contributed by atoms with E-state index < -0.39 is 0 Å². The molecular weight excluding hydrogens is 394 g/mol. The SMILES string of the molecule is CCCn1c(=O)c2ccccc2n2c(=S)n(CN(Cc3ccccc3)C(C)C)nc12. The van der Waals surface area contributed by atoms with Gasteiger partial charge in [0.05, 0.1) is 17.6 Å². The number of hydrogen-bond acceptors (Lipinski definition) is 4.